The molecular weight excluding hydrogens is 162 g/mol. The molecule has 2 rings (SSSR count). The molecule has 2 unspecified atom stereocenters. The van der Waals surface area contributed by atoms with Gasteiger partial charge in [0.05, 0.1) is 6.04 Å². The fourth-order valence-electron chi connectivity index (χ4n) is 1.65. The number of isocyanates is 1. The Labute approximate surface area is 77.3 Å². The number of carbonyl (C=O) groups excluding carboxylic acids is 1. The van der Waals surface area contributed by atoms with E-state index in [1.54, 1.807) is 6.08 Å². The Hall–Kier alpha value is -1.40. The molecule has 0 N–H and O–H groups in total. The van der Waals surface area contributed by atoms with Gasteiger partial charge in [0.25, 0.3) is 0 Å². The van der Waals surface area contributed by atoms with Crippen molar-refractivity contribution in [2.45, 2.75) is 25.3 Å². The van der Waals surface area contributed by atoms with Gasteiger partial charge in [0.2, 0.25) is 6.08 Å². The van der Waals surface area contributed by atoms with E-state index in [2.05, 4.69) is 30.1 Å². The van der Waals surface area contributed by atoms with Crippen LogP contribution in [0.4, 0.5) is 0 Å². The number of hydrogen-bond acceptors (Lipinski definition) is 2. The maximum Gasteiger partial charge on any atom is 0.235 e. The first kappa shape index (κ1) is 8.21. The molecule has 0 bridgehead atoms. The Morgan fingerprint density at radius 1 is 1.54 bits per heavy atom. The third-order valence-corrected chi connectivity index (χ3v) is 2.45. The Morgan fingerprint density at radius 2 is 2.38 bits per heavy atom. The summed E-state index contributed by atoms with van der Waals surface area (Å²) in [6.45, 7) is 2.07. The highest BCUT2D eigenvalue weighted by atomic mass is 16.1. The van der Waals surface area contributed by atoms with Crippen molar-refractivity contribution in [2.24, 2.45) is 4.99 Å². The van der Waals surface area contributed by atoms with Crippen molar-refractivity contribution >= 4 is 6.08 Å². The van der Waals surface area contributed by atoms with Gasteiger partial charge in [-0.2, -0.15) is 0 Å². The van der Waals surface area contributed by atoms with E-state index in [0.29, 0.717) is 5.92 Å². The zero-order chi connectivity index (χ0) is 9.26. The van der Waals surface area contributed by atoms with Crippen LogP contribution in [0.2, 0.25) is 0 Å². The Bertz CT molecular complexity index is 366. The molecule has 0 saturated heterocycles. The average molecular weight is 173 g/mol. The monoisotopic (exact) mass is 173 g/mol. The lowest BCUT2D eigenvalue weighted by molar-refractivity contribution is 0.562. The minimum absolute atomic E-state index is 0.194. The second-order valence-corrected chi connectivity index (χ2v) is 3.54. The third kappa shape index (κ3) is 1.68. The lowest BCUT2D eigenvalue weighted by Crippen LogP contribution is -1.85. The van der Waals surface area contributed by atoms with Crippen molar-refractivity contribution in [3.05, 3.63) is 35.4 Å². The maximum atomic E-state index is 10.0. The summed E-state index contributed by atoms with van der Waals surface area (Å²) in [7, 11) is 0. The first-order valence-electron chi connectivity index (χ1n) is 4.45. The molecule has 0 heterocycles. The van der Waals surface area contributed by atoms with Gasteiger partial charge in [-0.15, -0.1) is 0 Å². The van der Waals surface area contributed by atoms with E-state index >= 15 is 0 Å². The summed E-state index contributed by atoms with van der Waals surface area (Å²) < 4.78 is 0. The van der Waals surface area contributed by atoms with E-state index in [1.165, 1.54) is 11.1 Å². The van der Waals surface area contributed by atoms with Gasteiger partial charge in [-0.1, -0.05) is 29.8 Å². The molecule has 1 aromatic rings. The minimum atomic E-state index is 0.194. The second kappa shape index (κ2) is 3.15. The minimum Gasteiger partial charge on any atom is -0.211 e. The lowest BCUT2D eigenvalue weighted by atomic mass is 10.1. The number of rotatable bonds is 2. The first-order chi connectivity index (χ1) is 6.31. The summed E-state index contributed by atoms with van der Waals surface area (Å²) in [4.78, 5) is 13.7. The summed E-state index contributed by atoms with van der Waals surface area (Å²) in [5.74, 6) is 0.460. The molecule has 1 aliphatic rings. The SMILES string of the molecule is Cc1cccc(C2CC2N=C=O)c1. The van der Waals surface area contributed by atoms with E-state index < -0.39 is 0 Å². The van der Waals surface area contributed by atoms with Crippen molar-refractivity contribution in [1.29, 1.82) is 0 Å². The maximum absolute atomic E-state index is 10.0. The van der Waals surface area contributed by atoms with Crippen molar-refractivity contribution in [1.82, 2.24) is 0 Å². The quantitative estimate of drug-likeness (QED) is 0.498. The van der Waals surface area contributed by atoms with Crippen LogP contribution in [0.3, 0.4) is 0 Å². The van der Waals surface area contributed by atoms with Crippen LogP contribution in [0.15, 0.2) is 29.3 Å². The average Bonchev–Trinajstić information content (AvgIpc) is 2.85. The molecule has 0 radical (unpaired) electrons. The molecule has 0 aromatic heterocycles. The van der Waals surface area contributed by atoms with E-state index in [1.807, 2.05) is 6.07 Å². The predicted octanol–water partition coefficient (Wildman–Crippen LogP) is 2.19. The Balaban J connectivity index is 2.16. The van der Waals surface area contributed by atoms with Gasteiger partial charge in [0.15, 0.2) is 0 Å². The smallest absolute Gasteiger partial charge is 0.211 e. The van der Waals surface area contributed by atoms with Crippen molar-refractivity contribution < 1.29 is 4.79 Å². The molecule has 0 spiro atoms. The summed E-state index contributed by atoms with van der Waals surface area (Å²) in [5, 5.41) is 0. The van der Waals surface area contributed by atoms with Gasteiger partial charge in [0, 0.05) is 5.92 Å². The molecule has 66 valence electrons. The molecule has 2 nitrogen and oxygen atoms in total. The molecule has 1 aliphatic carbocycles. The van der Waals surface area contributed by atoms with E-state index in [9.17, 15) is 4.79 Å². The van der Waals surface area contributed by atoms with Gasteiger partial charge >= 0.3 is 0 Å². The van der Waals surface area contributed by atoms with Crippen LogP contribution >= 0.6 is 0 Å². The van der Waals surface area contributed by atoms with Gasteiger partial charge in [-0.05, 0) is 18.9 Å². The summed E-state index contributed by atoms with van der Waals surface area (Å²) >= 11 is 0. The standard InChI is InChI=1S/C11H11NO/c1-8-3-2-4-9(5-8)10-6-11(10)12-7-13/h2-5,10-11H,6H2,1H3. The second-order valence-electron chi connectivity index (χ2n) is 3.54. The molecule has 2 atom stereocenters. The molecule has 0 aliphatic heterocycles. The molecule has 13 heavy (non-hydrogen) atoms. The Morgan fingerprint density at radius 3 is 3.08 bits per heavy atom. The largest absolute Gasteiger partial charge is 0.235 e. The molecule has 1 fully saturated rings. The normalized spacial score (nSPS) is 25.0. The fraction of sp³-hybridized carbons (Fsp3) is 0.364. The molecular formula is C11H11NO. The van der Waals surface area contributed by atoms with Crippen molar-refractivity contribution in [2.75, 3.05) is 0 Å². The summed E-state index contributed by atoms with van der Waals surface area (Å²) in [6, 6.07) is 8.57. The van der Waals surface area contributed by atoms with Crippen molar-refractivity contribution in [3.63, 3.8) is 0 Å². The van der Waals surface area contributed by atoms with Gasteiger partial charge in [-0.25, -0.2) is 9.79 Å². The summed E-state index contributed by atoms with van der Waals surface area (Å²) in [6.07, 6.45) is 2.62. The van der Waals surface area contributed by atoms with Crippen LogP contribution in [-0.4, -0.2) is 12.1 Å². The number of aryl methyl sites for hydroxylation is 1. The molecule has 1 saturated carbocycles. The predicted molar refractivity (Wildman–Crippen MR) is 50.4 cm³/mol. The highest BCUT2D eigenvalue weighted by Gasteiger charge is 2.38. The number of nitrogens with zero attached hydrogens (tertiary/aromatic N) is 1. The molecule has 2 heteroatoms. The first-order valence-corrected chi connectivity index (χ1v) is 4.45. The van der Waals surface area contributed by atoms with Crippen LogP contribution in [0.25, 0.3) is 0 Å². The third-order valence-electron chi connectivity index (χ3n) is 2.45. The highest BCUT2D eigenvalue weighted by Crippen LogP contribution is 2.43. The van der Waals surface area contributed by atoms with Crippen LogP contribution < -0.4 is 0 Å². The molecule has 1 aromatic carbocycles. The van der Waals surface area contributed by atoms with Crippen LogP contribution in [0.5, 0.6) is 0 Å². The van der Waals surface area contributed by atoms with Gasteiger partial charge < -0.3 is 0 Å². The Kier molecular flexibility index (Phi) is 1.99. The van der Waals surface area contributed by atoms with E-state index in [4.69, 9.17) is 0 Å². The topological polar surface area (TPSA) is 29.4 Å². The van der Waals surface area contributed by atoms with Crippen molar-refractivity contribution in [3.8, 4) is 0 Å². The number of hydrogen-bond donors (Lipinski definition) is 0. The van der Waals surface area contributed by atoms with Gasteiger partial charge in [-0.3, -0.25) is 0 Å². The summed E-state index contributed by atoms with van der Waals surface area (Å²) in [5.41, 5.74) is 2.56. The number of aliphatic imine (C=N–C) groups is 1. The van der Waals surface area contributed by atoms with E-state index in [-0.39, 0.29) is 6.04 Å². The van der Waals surface area contributed by atoms with Gasteiger partial charge in [0.1, 0.15) is 0 Å². The zero-order valence-electron chi connectivity index (χ0n) is 7.53. The zero-order valence-corrected chi connectivity index (χ0v) is 7.53. The lowest BCUT2D eigenvalue weighted by Gasteiger charge is -1.98. The number of benzene rings is 1. The van der Waals surface area contributed by atoms with E-state index in [0.717, 1.165) is 6.42 Å². The highest BCUT2D eigenvalue weighted by molar-refractivity contribution is 5.38. The van der Waals surface area contributed by atoms with Crippen LogP contribution in [0.1, 0.15) is 23.5 Å². The fourth-order valence-corrected chi connectivity index (χ4v) is 1.65. The van der Waals surface area contributed by atoms with Crippen LogP contribution in [-0.2, 0) is 4.79 Å². The van der Waals surface area contributed by atoms with Crippen LogP contribution in [0, 0.1) is 6.92 Å². The molecule has 0 amide bonds.